The van der Waals surface area contributed by atoms with E-state index < -0.39 is 5.82 Å². The Morgan fingerprint density at radius 3 is 2.47 bits per heavy atom. The van der Waals surface area contributed by atoms with Crippen LogP contribution in [0.5, 0.6) is 0 Å². The van der Waals surface area contributed by atoms with Crippen molar-refractivity contribution >= 4 is 22.0 Å². The van der Waals surface area contributed by atoms with Gasteiger partial charge in [0.25, 0.3) is 5.91 Å². The zero-order valence-electron chi connectivity index (χ0n) is 18.4. The summed E-state index contributed by atoms with van der Waals surface area (Å²) < 4.78 is 30.2. The topological polar surface area (TPSA) is 35.6 Å². The molecule has 4 nitrogen and oxygen atoms in total. The molecule has 32 heavy (non-hydrogen) atoms. The lowest BCUT2D eigenvalue weighted by atomic mass is 9.99. The van der Waals surface area contributed by atoms with Crippen LogP contribution in [0.2, 0.25) is 0 Å². The number of likely N-dealkylation sites (N-methyl/N-ethyl adjacent to an activating group) is 1. The highest BCUT2D eigenvalue weighted by Gasteiger charge is 2.19. The predicted octanol–water partition coefficient (Wildman–Crippen LogP) is 3.45. The van der Waals surface area contributed by atoms with E-state index in [1.54, 1.807) is 11.0 Å². The van der Waals surface area contributed by atoms with Crippen molar-refractivity contribution in [3.8, 4) is 11.1 Å². The zero-order valence-corrected chi connectivity index (χ0v) is 20.4. The lowest BCUT2D eigenvalue weighted by Crippen LogP contribution is -2.36. The molecular formula is C25H27F2N3OSi. The van der Waals surface area contributed by atoms with E-state index in [2.05, 4.69) is 22.0 Å². The fraction of sp³-hybridized carbons (Fsp3) is 0.240. The monoisotopic (exact) mass is 451 g/mol. The van der Waals surface area contributed by atoms with Crippen molar-refractivity contribution in [3.05, 3.63) is 89.0 Å². The van der Waals surface area contributed by atoms with Crippen molar-refractivity contribution in [1.29, 1.82) is 0 Å². The van der Waals surface area contributed by atoms with Gasteiger partial charge in [-0.05, 0) is 78.7 Å². The van der Waals surface area contributed by atoms with E-state index >= 15 is 0 Å². The normalized spacial score (nSPS) is 12.6. The summed E-state index contributed by atoms with van der Waals surface area (Å²) in [6.07, 6.45) is 0.977. The van der Waals surface area contributed by atoms with Crippen molar-refractivity contribution in [2.75, 3.05) is 32.0 Å². The number of carbonyl (C=O) groups is 1. The molecule has 7 heteroatoms. The number of anilines is 1. The van der Waals surface area contributed by atoms with Gasteiger partial charge in [-0.25, -0.2) is 8.78 Å². The highest BCUT2D eigenvalue weighted by molar-refractivity contribution is 6.04. The SMILES string of the molecule is CN([SiH3])CCN(Cc1cc(-c2ccc3c(c2)CCN3)ccc1F)C(=O)c1ccc(F)cc1. The molecule has 0 saturated heterocycles. The smallest absolute Gasteiger partial charge is 0.254 e. The molecule has 166 valence electrons. The van der Waals surface area contributed by atoms with E-state index in [0.717, 1.165) is 40.2 Å². The highest BCUT2D eigenvalue weighted by atomic mass is 28.2. The third-order valence-electron chi connectivity index (χ3n) is 5.75. The van der Waals surface area contributed by atoms with E-state index in [1.165, 1.54) is 35.9 Å². The van der Waals surface area contributed by atoms with Gasteiger partial charge in [-0.2, -0.15) is 0 Å². The van der Waals surface area contributed by atoms with E-state index in [9.17, 15) is 13.6 Å². The van der Waals surface area contributed by atoms with Crippen LogP contribution in [0.1, 0.15) is 21.5 Å². The third-order valence-corrected chi connectivity index (χ3v) is 6.20. The number of hydrogen-bond acceptors (Lipinski definition) is 3. The quantitative estimate of drug-likeness (QED) is 0.559. The molecule has 0 aromatic heterocycles. The molecule has 4 rings (SSSR count). The van der Waals surface area contributed by atoms with Gasteiger partial charge in [0, 0.05) is 43.0 Å². The Morgan fingerprint density at radius 1 is 1.00 bits per heavy atom. The number of nitrogens with zero attached hydrogens (tertiary/aromatic N) is 2. The number of nitrogens with one attached hydrogen (secondary N) is 1. The number of amides is 1. The van der Waals surface area contributed by atoms with E-state index in [1.807, 2.05) is 19.2 Å². The number of hydrogen-bond donors (Lipinski definition) is 1. The maximum atomic E-state index is 14.8. The van der Waals surface area contributed by atoms with Gasteiger partial charge in [0.2, 0.25) is 0 Å². The first-order valence-corrected chi connectivity index (χ1v) is 11.7. The van der Waals surface area contributed by atoms with Gasteiger partial charge in [-0.1, -0.05) is 12.1 Å². The summed E-state index contributed by atoms with van der Waals surface area (Å²) in [5.41, 5.74) is 5.23. The Balaban J connectivity index is 1.61. The number of halogens is 2. The Hall–Kier alpha value is -3.03. The van der Waals surface area contributed by atoms with E-state index in [-0.39, 0.29) is 18.3 Å². The van der Waals surface area contributed by atoms with Crippen LogP contribution in [0.4, 0.5) is 14.5 Å². The van der Waals surface area contributed by atoms with Crippen LogP contribution in [0, 0.1) is 11.6 Å². The molecule has 3 aromatic rings. The van der Waals surface area contributed by atoms with Crippen LogP contribution in [-0.4, -0.2) is 52.5 Å². The molecule has 0 unspecified atom stereocenters. The molecule has 3 aromatic carbocycles. The predicted molar refractivity (Wildman–Crippen MR) is 128 cm³/mol. The number of carbonyl (C=O) groups excluding carboxylic acids is 1. The Bertz CT molecular complexity index is 1120. The summed E-state index contributed by atoms with van der Waals surface area (Å²) in [4.78, 5) is 14.8. The summed E-state index contributed by atoms with van der Waals surface area (Å²) in [6, 6.07) is 16.8. The van der Waals surface area contributed by atoms with Crippen LogP contribution >= 0.6 is 0 Å². The Morgan fingerprint density at radius 2 is 1.72 bits per heavy atom. The molecule has 0 spiro atoms. The van der Waals surface area contributed by atoms with Crippen LogP contribution in [0.15, 0.2) is 60.7 Å². The number of benzene rings is 3. The number of rotatable bonds is 7. The summed E-state index contributed by atoms with van der Waals surface area (Å²) in [5, 5.41) is 3.35. The fourth-order valence-electron chi connectivity index (χ4n) is 3.91. The first-order valence-electron chi connectivity index (χ1n) is 10.8. The van der Waals surface area contributed by atoms with Crippen LogP contribution < -0.4 is 5.32 Å². The fourth-order valence-corrected chi connectivity index (χ4v) is 4.11. The molecule has 0 fully saturated rings. The lowest BCUT2D eigenvalue weighted by molar-refractivity contribution is 0.0736. The maximum absolute atomic E-state index is 14.8. The molecule has 0 atom stereocenters. The van der Waals surface area contributed by atoms with Crippen molar-refractivity contribution < 1.29 is 13.6 Å². The molecule has 1 N–H and O–H groups in total. The maximum Gasteiger partial charge on any atom is 0.254 e. The minimum atomic E-state index is -0.393. The first-order chi connectivity index (χ1) is 15.4. The summed E-state index contributed by atoms with van der Waals surface area (Å²) in [6.45, 7) is 2.24. The second-order valence-corrected chi connectivity index (χ2v) is 9.92. The van der Waals surface area contributed by atoms with E-state index in [4.69, 9.17) is 0 Å². The van der Waals surface area contributed by atoms with Gasteiger partial charge in [-0.15, -0.1) is 0 Å². The molecule has 0 aliphatic carbocycles. The van der Waals surface area contributed by atoms with Gasteiger partial charge in [0.1, 0.15) is 11.6 Å². The van der Waals surface area contributed by atoms with Crippen molar-refractivity contribution in [3.63, 3.8) is 0 Å². The molecule has 1 heterocycles. The van der Waals surface area contributed by atoms with Crippen LogP contribution in [0.25, 0.3) is 11.1 Å². The zero-order chi connectivity index (χ0) is 22.7. The van der Waals surface area contributed by atoms with Gasteiger partial charge in [0.05, 0.1) is 10.4 Å². The highest BCUT2D eigenvalue weighted by Crippen LogP contribution is 2.30. The largest absolute Gasteiger partial charge is 0.384 e. The lowest BCUT2D eigenvalue weighted by Gasteiger charge is -2.25. The molecular weight excluding hydrogens is 424 g/mol. The Labute approximate surface area is 190 Å². The van der Waals surface area contributed by atoms with Crippen molar-refractivity contribution in [2.24, 2.45) is 0 Å². The van der Waals surface area contributed by atoms with Gasteiger partial charge in [0.15, 0.2) is 0 Å². The molecule has 1 aliphatic heterocycles. The molecule has 1 amide bonds. The standard InChI is InChI=1S/C25H27F2N3OSi/c1-29(32)12-13-30(25(31)17-2-6-22(26)7-3-17)16-21-15-18(4-8-23(21)27)19-5-9-24-20(14-19)10-11-28-24/h2-9,14-15,28H,10-13,16H2,1,32H3. The second-order valence-electron chi connectivity index (χ2n) is 8.39. The van der Waals surface area contributed by atoms with E-state index in [0.29, 0.717) is 24.2 Å². The number of fused-ring (bicyclic) bond motifs is 1. The van der Waals surface area contributed by atoms with Crippen molar-refractivity contribution in [2.45, 2.75) is 13.0 Å². The van der Waals surface area contributed by atoms with Gasteiger partial charge in [-0.3, -0.25) is 4.79 Å². The first kappa shape index (κ1) is 22.2. The van der Waals surface area contributed by atoms with Crippen LogP contribution in [-0.2, 0) is 13.0 Å². The summed E-state index contributed by atoms with van der Waals surface area (Å²) in [7, 11) is 2.84. The van der Waals surface area contributed by atoms with Gasteiger partial charge < -0.3 is 14.8 Å². The average molecular weight is 452 g/mol. The van der Waals surface area contributed by atoms with Crippen molar-refractivity contribution in [1.82, 2.24) is 9.47 Å². The second kappa shape index (κ2) is 9.63. The van der Waals surface area contributed by atoms with Crippen LogP contribution in [0.3, 0.4) is 0 Å². The summed E-state index contributed by atoms with van der Waals surface area (Å²) in [5.74, 6) is -0.967. The molecule has 0 radical (unpaired) electrons. The molecule has 0 bridgehead atoms. The Kier molecular flexibility index (Phi) is 6.67. The molecule has 0 saturated carbocycles. The third kappa shape index (κ3) is 5.06. The summed E-state index contributed by atoms with van der Waals surface area (Å²) >= 11 is 0. The minimum absolute atomic E-state index is 0.151. The molecule has 1 aliphatic rings. The van der Waals surface area contributed by atoms with Gasteiger partial charge >= 0.3 is 0 Å². The average Bonchev–Trinajstić information content (AvgIpc) is 3.25. The minimum Gasteiger partial charge on any atom is -0.384 e.